The fourth-order valence-corrected chi connectivity index (χ4v) is 5.41. The Labute approximate surface area is 212 Å². The molecule has 0 amide bonds. The Morgan fingerprint density at radius 3 is 2.75 bits per heavy atom. The van der Waals surface area contributed by atoms with Crippen LogP contribution in [0.1, 0.15) is 45.2 Å². The van der Waals surface area contributed by atoms with Gasteiger partial charge >= 0.3 is 0 Å². The van der Waals surface area contributed by atoms with Gasteiger partial charge in [0.2, 0.25) is 0 Å². The molecular formula is C24H31FN6O4S. The number of anilines is 1. The van der Waals surface area contributed by atoms with Crippen LogP contribution in [0.25, 0.3) is 11.2 Å². The van der Waals surface area contributed by atoms with Crippen molar-refractivity contribution in [2.75, 3.05) is 24.3 Å². The van der Waals surface area contributed by atoms with Crippen molar-refractivity contribution >= 4 is 28.7 Å². The number of fused-ring (bicyclic) bond motifs is 2. The summed E-state index contributed by atoms with van der Waals surface area (Å²) in [5.74, 6) is 0.410. The van der Waals surface area contributed by atoms with E-state index < -0.39 is 5.79 Å². The summed E-state index contributed by atoms with van der Waals surface area (Å²) in [4.78, 5) is 9.50. The van der Waals surface area contributed by atoms with Crippen molar-refractivity contribution in [1.29, 1.82) is 0 Å². The highest BCUT2D eigenvalue weighted by Gasteiger charge is 2.56. The lowest BCUT2D eigenvalue weighted by atomic mass is 10.2. The van der Waals surface area contributed by atoms with E-state index in [2.05, 4.69) is 22.6 Å². The maximum Gasteiger partial charge on any atom is 0.191 e. The zero-order valence-corrected chi connectivity index (χ0v) is 21.4. The Kier molecular flexibility index (Phi) is 7.40. The molecule has 10 nitrogen and oxygen atoms in total. The van der Waals surface area contributed by atoms with Gasteiger partial charge in [0.25, 0.3) is 0 Å². The van der Waals surface area contributed by atoms with Gasteiger partial charge in [-0.1, -0.05) is 36.0 Å². The van der Waals surface area contributed by atoms with Crippen LogP contribution in [0.15, 0.2) is 29.4 Å². The summed E-state index contributed by atoms with van der Waals surface area (Å²) in [6.07, 6.45) is 0.732. The fraction of sp³-hybridized carbons (Fsp3) is 0.583. The van der Waals surface area contributed by atoms with Crippen molar-refractivity contribution in [2.24, 2.45) is 0 Å². The van der Waals surface area contributed by atoms with E-state index in [9.17, 15) is 9.50 Å². The fourth-order valence-electron chi connectivity index (χ4n) is 4.72. The minimum atomic E-state index is -0.760. The molecule has 1 aliphatic carbocycles. The second-order valence-corrected chi connectivity index (χ2v) is 10.5. The molecule has 36 heavy (non-hydrogen) atoms. The maximum atomic E-state index is 13.3. The average Bonchev–Trinajstić information content (AvgIpc) is 3.51. The van der Waals surface area contributed by atoms with Crippen LogP contribution in [0.5, 0.6) is 0 Å². The summed E-state index contributed by atoms with van der Waals surface area (Å²) < 4.78 is 33.4. The zero-order valence-electron chi connectivity index (χ0n) is 20.6. The third-order valence-electron chi connectivity index (χ3n) is 6.23. The van der Waals surface area contributed by atoms with E-state index in [0.717, 1.165) is 17.7 Å². The van der Waals surface area contributed by atoms with Crippen LogP contribution >= 0.6 is 11.8 Å². The number of rotatable bonds is 10. The molecule has 2 N–H and O–H groups in total. The molecule has 1 saturated carbocycles. The second-order valence-electron chi connectivity index (χ2n) is 9.39. The smallest absolute Gasteiger partial charge is 0.191 e. The van der Waals surface area contributed by atoms with Crippen LogP contribution in [-0.4, -0.2) is 73.1 Å². The van der Waals surface area contributed by atoms with Gasteiger partial charge in [-0.25, -0.2) is 19.0 Å². The third kappa shape index (κ3) is 5.18. The van der Waals surface area contributed by atoms with Gasteiger partial charge in [-0.05, 0) is 38.0 Å². The lowest BCUT2D eigenvalue weighted by Crippen LogP contribution is -2.31. The largest absolute Gasteiger partial charge is 0.394 e. The van der Waals surface area contributed by atoms with Crippen LogP contribution in [0.2, 0.25) is 0 Å². The Morgan fingerprint density at radius 2 is 2.00 bits per heavy atom. The first-order valence-electron chi connectivity index (χ1n) is 12.2. The molecule has 0 radical (unpaired) electrons. The standard InChI is InChI=1S/C24H31FN6O4S/c1-4-11-36-23-27-21(26-13-14-5-7-15(25)8-6-14)18-22(28-23)31(30-29-18)16-12-17(33-10-9-32)20-19(16)34-24(2,3)35-20/h5-8,16-17,19-20,32H,4,9-13H2,1-3H3,(H,26,27,28)/t16-,17-,19?,20?/m1/s1. The number of thioether (sulfide) groups is 1. The molecule has 2 aliphatic rings. The van der Waals surface area contributed by atoms with Gasteiger partial charge in [-0.2, -0.15) is 0 Å². The Morgan fingerprint density at radius 1 is 1.22 bits per heavy atom. The number of aliphatic hydroxyl groups is 1. The van der Waals surface area contributed by atoms with Crippen LogP contribution in [0.4, 0.5) is 10.2 Å². The van der Waals surface area contributed by atoms with E-state index >= 15 is 0 Å². The topological polar surface area (TPSA) is 116 Å². The molecule has 4 atom stereocenters. The molecule has 5 rings (SSSR count). The quantitative estimate of drug-likeness (QED) is 0.306. The van der Waals surface area contributed by atoms with Gasteiger partial charge in [-0.3, -0.25) is 0 Å². The number of halogens is 1. The molecule has 1 aromatic carbocycles. The van der Waals surface area contributed by atoms with Gasteiger partial charge in [-0.15, -0.1) is 5.10 Å². The highest BCUT2D eigenvalue weighted by molar-refractivity contribution is 7.99. The normalized spacial score (nSPS) is 24.9. The highest BCUT2D eigenvalue weighted by Crippen LogP contribution is 2.45. The number of benzene rings is 1. The van der Waals surface area contributed by atoms with Gasteiger partial charge in [0.1, 0.15) is 18.0 Å². The van der Waals surface area contributed by atoms with Crippen molar-refractivity contribution in [3.8, 4) is 0 Å². The van der Waals surface area contributed by atoms with Crippen LogP contribution in [0, 0.1) is 5.82 Å². The molecule has 2 unspecified atom stereocenters. The number of ether oxygens (including phenoxy) is 3. The molecule has 1 aliphatic heterocycles. The van der Waals surface area contributed by atoms with E-state index in [0.29, 0.717) is 35.1 Å². The molecule has 3 aromatic rings. The zero-order chi connectivity index (χ0) is 25.3. The van der Waals surface area contributed by atoms with E-state index in [1.54, 1.807) is 28.6 Å². The molecule has 2 fully saturated rings. The minimum absolute atomic E-state index is 0.0661. The summed E-state index contributed by atoms with van der Waals surface area (Å²) in [7, 11) is 0. The summed E-state index contributed by atoms with van der Waals surface area (Å²) >= 11 is 1.57. The number of nitrogens with one attached hydrogen (secondary N) is 1. The summed E-state index contributed by atoms with van der Waals surface area (Å²) in [5, 5.41) is 22.1. The predicted molar refractivity (Wildman–Crippen MR) is 132 cm³/mol. The number of nitrogens with zero attached hydrogens (tertiary/aromatic N) is 5. The summed E-state index contributed by atoms with van der Waals surface area (Å²) in [5.41, 5.74) is 2.07. The van der Waals surface area contributed by atoms with Crippen molar-refractivity contribution < 1.29 is 23.7 Å². The number of hydrogen-bond donors (Lipinski definition) is 2. The first kappa shape index (κ1) is 25.3. The van der Waals surface area contributed by atoms with Crippen molar-refractivity contribution in [3.05, 3.63) is 35.6 Å². The SMILES string of the molecule is CCCSc1nc(NCc2ccc(F)cc2)c2nnn([C@@H]3C[C@@H](OCCO)C4OC(C)(C)OC43)c2n1. The predicted octanol–water partition coefficient (Wildman–Crippen LogP) is 3.32. The molecule has 2 aromatic heterocycles. The van der Waals surface area contributed by atoms with Crippen LogP contribution < -0.4 is 5.32 Å². The first-order valence-corrected chi connectivity index (χ1v) is 13.2. The second kappa shape index (κ2) is 10.5. The maximum absolute atomic E-state index is 13.3. The number of aliphatic hydroxyl groups excluding tert-OH is 1. The van der Waals surface area contributed by atoms with Gasteiger partial charge in [0, 0.05) is 18.7 Å². The average molecular weight is 519 g/mol. The lowest BCUT2D eigenvalue weighted by molar-refractivity contribution is -0.171. The van der Waals surface area contributed by atoms with E-state index in [1.807, 2.05) is 13.8 Å². The van der Waals surface area contributed by atoms with Gasteiger partial charge in [0.05, 0.1) is 25.4 Å². The molecule has 1 saturated heterocycles. The molecule has 194 valence electrons. The first-order chi connectivity index (χ1) is 17.4. The van der Waals surface area contributed by atoms with Crippen LogP contribution in [-0.2, 0) is 20.8 Å². The summed E-state index contributed by atoms with van der Waals surface area (Å²) in [6, 6.07) is 6.11. The van der Waals surface area contributed by atoms with Gasteiger partial charge in [0.15, 0.2) is 27.9 Å². The number of aromatic nitrogens is 5. The van der Waals surface area contributed by atoms with E-state index in [1.165, 1.54) is 12.1 Å². The minimum Gasteiger partial charge on any atom is -0.394 e. The van der Waals surface area contributed by atoms with E-state index in [4.69, 9.17) is 24.2 Å². The molecule has 3 heterocycles. The van der Waals surface area contributed by atoms with Gasteiger partial charge < -0.3 is 24.6 Å². The Balaban J connectivity index is 1.48. The van der Waals surface area contributed by atoms with Crippen molar-refractivity contribution in [3.63, 3.8) is 0 Å². The Hall–Kier alpha value is -2.38. The van der Waals surface area contributed by atoms with Crippen molar-refractivity contribution in [2.45, 2.75) is 75.5 Å². The molecular weight excluding hydrogens is 487 g/mol. The monoisotopic (exact) mass is 518 g/mol. The molecule has 12 heteroatoms. The lowest BCUT2D eigenvalue weighted by Gasteiger charge is -2.23. The van der Waals surface area contributed by atoms with E-state index in [-0.39, 0.29) is 43.4 Å². The summed E-state index contributed by atoms with van der Waals surface area (Å²) in [6.45, 7) is 6.47. The highest BCUT2D eigenvalue weighted by atomic mass is 32.2. The number of hydrogen-bond acceptors (Lipinski definition) is 10. The molecule has 0 spiro atoms. The molecule has 0 bridgehead atoms. The van der Waals surface area contributed by atoms with Crippen LogP contribution in [0.3, 0.4) is 0 Å². The van der Waals surface area contributed by atoms with Crippen molar-refractivity contribution in [1.82, 2.24) is 25.0 Å². The third-order valence-corrected chi connectivity index (χ3v) is 7.29. The Bertz CT molecular complexity index is 1190.